The Labute approximate surface area is 117 Å². The highest BCUT2D eigenvalue weighted by atomic mass is 16.5. The van der Waals surface area contributed by atoms with Gasteiger partial charge in [0.2, 0.25) is 0 Å². The summed E-state index contributed by atoms with van der Waals surface area (Å²) in [5.41, 5.74) is 5.97. The molecule has 0 aliphatic carbocycles. The van der Waals surface area contributed by atoms with E-state index in [2.05, 4.69) is 28.8 Å². The summed E-state index contributed by atoms with van der Waals surface area (Å²) < 4.78 is 5.82. The fraction of sp³-hybridized carbons (Fsp3) is 1.00. The summed E-state index contributed by atoms with van der Waals surface area (Å²) in [5.74, 6) is 0. The molecule has 5 nitrogen and oxygen atoms in total. The summed E-state index contributed by atoms with van der Waals surface area (Å²) in [7, 11) is 4.27. The Morgan fingerprint density at radius 1 is 1.26 bits per heavy atom. The molecule has 2 saturated heterocycles. The van der Waals surface area contributed by atoms with E-state index in [-0.39, 0.29) is 0 Å². The van der Waals surface area contributed by atoms with E-state index in [0.29, 0.717) is 12.1 Å². The number of rotatable bonds is 6. The van der Waals surface area contributed by atoms with Gasteiger partial charge in [-0.25, -0.2) is 0 Å². The fourth-order valence-electron chi connectivity index (χ4n) is 3.10. The van der Waals surface area contributed by atoms with Gasteiger partial charge in [0.1, 0.15) is 0 Å². The highest BCUT2D eigenvalue weighted by molar-refractivity contribution is 4.86. The van der Waals surface area contributed by atoms with Crippen LogP contribution in [0.25, 0.3) is 0 Å². The Kier molecular flexibility index (Phi) is 6.04. The molecule has 2 N–H and O–H groups in total. The van der Waals surface area contributed by atoms with Crippen LogP contribution in [-0.4, -0.2) is 93.4 Å². The van der Waals surface area contributed by atoms with Crippen molar-refractivity contribution in [2.75, 3.05) is 66.5 Å². The van der Waals surface area contributed by atoms with Crippen molar-refractivity contribution in [2.45, 2.75) is 25.0 Å². The molecule has 2 rings (SSSR count). The summed E-state index contributed by atoms with van der Waals surface area (Å²) in [6.07, 6.45) is 2.76. The molecule has 0 aromatic carbocycles. The summed E-state index contributed by atoms with van der Waals surface area (Å²) in [4.78, 5) is 7.35. The average molecular weight is 270 g/mol. The molecule has 0 bridgehead atoms. The third-order valence-electron chi connectivity index (χ3n) is 4.37. The Bertz CT molecular complexity index is 248. The van der Waals surface area contributed by atoms with Crippen molar-refractivity contribution in [3.8, 4) is 0 Å². The van der Waals surface area contributed by atoms with Gasteiger partial charge in [0.05, 0.1) is 6.10 Å². The topological polar surface area (TPSA) is 45.0 Å². The predicted molar refractivity (Wildman–Crippen MR) is 78.4 cm³/mol. The molecule has 2 fully saturated rings. The third-order valence-corrected chi connectivity index (χ3v) is 4.37. The smallest absolute Gasteiger partial charge is 0.0743 e. The Balaban J connectivity index is 1.74. The van der Waals surface area contributed by atoms with Gasteiger partial charge in [0.15, 0.2) is 0 Å². The molecule has 2 aliphatic heterocycles. The van der Waals surface area contributed by atoms with Crippen LogP contribution in [0.1, 0.15) is 12.8 Å². The number of nitrogens with zero attached hydrogens (tertiary/aromatic N) is 3. The normalized spacial score (nSPS) is 28.1. The van der Waals surface area contributed by atoms with Gasteiger partial charge in [-0.05, 0) is 26.9 Å². The van der Waals surface area contributed by atoms with Crippen molar-refractivity contribution in [2.24, 2.45) is 5.73 Å². The summed E-state index contributed by atoms with van der Waals surface area (Å²) in [6.45, 7) is 8.56. The molecule has 19 heavy (non-hydrogen) atoms. The number of hydrogen-bond acceptors (Lipinski definition) is 5. The van der Waals surface area contributed by atoms with Crippen LogP contribution in [0.15, 0.2) is 0 Å². The van der Waals surface area contributed by atoms with Gasteiger partial charge in [0.25, 0.3) is 0 Å². The zero-order valence-electron chi connectivity index (χ0n) is 12.6. The third kappa shape index (κ3) is 4.39. The molecule has 2 aliphatic rings. The second-order valence-corrected chi connectivity index (χ2v) is 6.04. The maximum Gasteiger partial charge on any atom is 0.0743 e. The first-order chi connectivity index (χ1) is 9.20. The fourth-order valence-corrected chi connectivity index (χ4v) is 3.10. The monoisotopic (exact) mass is 270 g/mol. The molecule has 0 radical (unpaired) electrons. The number of hydrogen-bond donors (Lipinski definition) is 1. The van der Waals surface area contributed by atoms with Crippen LogP contribution in [0.4, 0.5) is 0 Å². The van der Waals surface area contributed by atoms with Crippen molar-refractivity contribution in [3.63, 3.8) is 0 Å². The van der Waals surface area contributed by atoms with Crippen molar-refractivity contribution in [1.82, 2.24) is 14.7 Å². The van der Waals surface area contributed by atoms with Gasteiger partial charge < -0.3 is 15.4 Å². The molecular formula is C14H30N4O. The first kappa shape index (κ1) is 15.2. The van der Waals surface area contributed by atoms with E-state index in [4.69, 9.17) is 10.5 Å². The van der Waals surface area contributed by atoms with Gasteiger partial charge in [-0.15, -0.1) is 0 Å². The molecule has 0 spiro atoms. The van der Waals surface area contributed by atoms with Gasteiger partial charge in [0, 0.05) is 58.5 Å². The molecule has 5 heteroatoms. The van der Waals surface area contributed by atoms with Crippen molar-refractivity contribution in [1.29, 1.82) is 0 Å². The second kappa shape index (κ2) is 7.55. The average Bonchev–Trinajstić information content (AvgIpc) is 2.92. The van der Waals surface area contributed by atoms with Gasteiger partial charge in [-0.1, -0.05) is 0 Å². The number of ether oxygens (including phenoxy) is 1. The molecule has 2 unspecified atom stereocenters. The molecule has 0 aromatic rings. The molecule has 2 heterocycles. The van der Waals surface area contributed by atoms with E-state index >= 15 is 0 Å². The van der Waals surface area contributed by atoms with Gasteiger partial charge in [-0.2, -0.15) is 0 Å². The van der Waals surface area contributed by atoms with E-state index in [0.717, 1.165) is 45.9 Å². The Hall–Kier alpha value is -0.200. The van der Waals surface area contributed by atoms with E-state index in [1.54, 1.807) is 0 Å². The van der Waals surface area contributed by atoms with Crippen molar-refractivity contribution < 1.29 is 4.74 Å². The SMILES string of the molecule is CN(C)CCN1CCN(C(CN)C2CCCO2)CC1. The molecule has 0 aromatic heterocycles. The highest BCUT2D eigenvalue weighted by Crippen LogP contribution is 2.20. The lowest BCUT2D eigenvalue weighted by Gasteiger charge is -2.41. The maximum absolute atomic E-state index is 5.97. The molecule has 0 amide bonds. The lowest BCUT2D eigenvalue weighted by molar-refractivity contribution is 0.00522. The molecular weight excluding hydrogens is 240 g/mol. The van der Waals surface area contributed by atoms with E-state index in [1.165, 1.54) is 19.4 Å². The highest BCUT2D eigenvalue weighted by Gasteiger charge is 2.31. The first-order valence-corrected chi connectivity index (χ1v) is 7.63. The van der Waals surface area contributed by atoms with Crippen LogP contribution in [-0.2, 0) is 4.74 Å². The number of likely N-dealkylation sites (N-methyl/N-ethyl adjacent to an activating group) is 1. The minimum Gasteiger partial charge on any atom is -0.377 e. The van der Waals surface area contributed by atoms with Crippen LogP contribution >= 0.6 is 0 Å². The van der Waals surface area contributed by atoms with Gasteiger partial charge in [-0.3, -0.25) is 9.80 Å². The zero-order chi connectivity index (χ0) is 13.7. The number of piperazine rings is 1. The Morgan fingerprint density at radius 3 is 2.53 bits per heavy atom. The quantitative estimate of drug-likeness (QED) is 0.716. The molecule has 112 valence electrons. The van der Waals surface area contributed by atoms with Crippen LogP contribution in [0.2, 0.25) is 0 Å². The summed E-state index contributed by atoms with van der Waals surface area (Å²) in [6, 6.07) is 0.429. The van der Waals surface area contributed by atoms with Crippen LogP contribution in [0.3, 0.4) is 0 Å². The van der Waals surface area contributed by atoms with Crippen molar-refractivity contribution >= 4 is 0 Å². The van der Waals surface area contributed by atoms with E-state index < -0.39 is 0 Å². The summed E-state index contributed by atoms with van der Waals surface area (Å²) >= 11 is 0. The first-order valence-electron chi connectivity index (χ1n) is 7.63. The van der Waals surface area contributed by atoms with Crippen molar-refractivity contribution in [3.05, 3.63) is 0 Å². The zero-order valence-corrected chi connectivity index (χ0v) is 12.6. The Morgan fingerprint density at radius 2 is 2.00 bits per heavy atom. The lowest BCUT2D eigenvalue weighted by Crippen LogP contribution is -2.56. The predicted octanol–water partition coefficient (Wildman–Crippen LogP) is -0.328. The van der Waals surface area contributed by atoms with Gasteiger partial charge >= 0.3 is 0 Å². The number of nitrogens with two attached hydrogens (primary N) is 1. The molecule has 0 saturated carbocycles. The summed E-state index contributed by atoms with van der Waals surface area (Å²) in [5, 5.41) is 0. The largest absolute Gasteiger partial charge is 0.377 e. The van der Waals surface area contributed by atoms with E-state index in [1.807, 2.05) is 0 Å². The van der Waals surface area contributed by atoms with E-state index in [9.17, 15) is 0 Å². The minimum atomic E-state index is 0.373. The second-order valence-electron chi connectivity index (χ2n) is 6.04. The standard InChI is InChI=1S/C14H30N4O/c1-16(2)5-6-17-7-9-18(10-8-17)13(12-15)14-4-3-11-19-14/h13-14H,3-12,15H2,1-2H3. The van der Waals surface area contributed by atoms with Crippen LogP contribution in [0.5, 0.6) is 0 Å². The van der Waals surface area contributed by atoms with Crippen LogP contribution < -0.4 is 5.73 Å². The minimum absolute atomic E-state index is 0.373. The maximum atomic E-state index is 5.97. The molecule has 2 atom stereocenters. The lowest BCUT2D eigenvalue weighted by atomic mass is 10.1. The van der Waals surface area contributed by atoms with Crippen LogP contribution in [0, 0.1) is 0 Å².